The molecule has 0 radical (unpaired) electrons. The van der Waals surface area contributed by atoms with Gasteiger partial charge in [0, 0.05) is 11.5 Å². The van der Waals surface area contributed by atoms with E-state index in [2.05, 4.69) is 10.3 Å². The molecule has 8 heteroatoms. The van der Waals surface area contributed by atoms with Gasteiger partial charge in [0.1, 0.15) is 11.4 Å². The summed E-state index contributed by atoms with van der Waals surface area (Å²) in [5.41, 5.74) is -0.514. The Morgan fingerprint density at radius 1 is 1.23 bits per heavy atom. The standard InChI is InChI=1S/C18H27BN2O5/c1-8-11(2)20-15(22)13-10-9-12(14(21-13)16(23)24-7)19-25-17(3,4)18(5,6)26-19/h9-11H,8H2,1-7H3,(H,20,22). The minimum absolute atomic E-state index is 0.00801. The molecule has 1 N–H and O–H groups in total. The number of nitrogens with one attached hydrogen (secondary N) is 1. The highest BCUT2D eigenvalue weighted by molar-refractivity contribution is 6.63. The predicted octanol–water partition coefficient (Wildman–Crippen LogP) is 1.70. The van der Waals surface area contributed by atoms with Gasteiger partial charge in [-0.15, -0.1) is 0 Å². The number of ether oxygens (including phenoxy) is 1. The molecule has 2 rings (SSSR count). The van der Waals surface area contributed by atoms with Crippen molar-refractivity contribution < 1.29 is 23.6 Å². The molecule has 0 saturated carbocycles. The van der Waals surface area contributed by atoms with Gasteiger partial charge >= 0.3 is 13.1 Å². The highest BCUT2D eigenvalue weighted by atomic mass is 16.7. The lowest BCUT2D eigenvalue weighted by molar-refractivity contribution is 0.00578. The number of esters is 1. The molecule has 1 atom stereocenters. The Labute approximate surface area is 154 Å². The van der Waals surface area contributed by atoms with Crippen LogP contribution in [0.4, 0.5) is 0 Å². The van der Waals surface area contributed by atoms with Gasteiger partial charge in [-0.3, -0.25) is 4.79 Å². The third-order valence-electron chi connectivity index (χ3n) is 5.03. The maximum Gasteiger partial charge on any atom is 0.497 e. The number of hydrogen-bond donors (Lipinski definition) is 1. The second kappa shape index (κ2) is 7.36. The van der Waals surface area contributed by atoms with Crippen LogP contribution in [0.1, 0.15) is 68.9 Å². The van der Waals surface area contributed by atoms with Crippen LogP contribution in [0.2, 0.25) is 0 Å². The first kappa shape index (κ1) is 20.4. The highest BCUT2D eigenvalue weighted by Crippen LogP contribution is 2.36. The van der Waals surface area contributed by atoms with Gasteiger partial charge < -0.3 is 19.4 Å². The van der Waals surface area contributed by atoms with Gasteiger partial charge in [0.15, 0.2) is 0 Å². The SMILES string of the molecule is CCC(C)NC(=O)c1ccc(B2OC(C)(C)C(C)(C)O2)c(C(=O)OC)n1. The van der Waals surface area contributed by atoms with E-state index >= 15 is 0 Å². The van der Waals surface area contributed by atoms with E-state index in [0.717, 1.165) is 6.42 Å². The van der Waals surface area contributed by atoms with Crippen molar-refractivity contribution in [2.45, 2.75) is 65.2 Å². The molecule has 0 aliphatic carbocycles. The minimum Gasteiger partial charge on any atom is -0.464 e. The zero-order valence-corrected chi connectivity index (χ0v) is 16.5. The van der Waals surface area contributed by atoms with E-state index in [-0.39, 0.29) is 23.3 Å². The summed E-state index contributed by atoms with van der Waals surface area (Å²) in [5.74, 6) is -0.988. The maximum atomic E-state index is 12.3. The predicted molar refractivity (Wildman–Crippen MR) is 98.5 cm³/mol. The van der Waals surface area contributed by atoms with Crippen LogP contribution in [-0.2, 0) is 14.0 Å². The summed E-state index contributed by atoms with van der Waals surface area (Å²) >= 11 is 0. The number of rotatable bonds is 5. The van der Waals surface area contributed by atoms with Crippen molar-refractivity contribution in [1.82, 2.24) is 10.3 Å². The number of hydrogen-bond acceptors (Lipinski definition) is 6. The van der Waals surface area contributed by atoms with Gasteiger partial charge in [-0.05, 0) is 47.1 Å². The number of nitrogens with zero attached hydrogens (tertiary/aromatic N) is 1. The van der Waals surface area contributed by atoms with E-state index in [1.807, 2.05) is 41.5 Å². The first-order valence-corrected chi connectivity index (χ1v) is 8.78. The molecule has 1 aliphatic rings. The topological polar surface area (TPSA) is 86.8 Å². The van der Waals surface area contributed by atoms with E-state index < -0.39 is 24.3 Å². The first-order valence-electron chi connectivity index (χ1n) is 8.78. The van der Waals surface area contributed by atoms with Gasteiger partial charge in [-0.25, -0.2) is 9.78 Å². The average molecular weight is 362 g/mol. The molecular formula is C18H27BN2O5. The smallest absolute Gasteiger partial charge is 0.464 e. The molecule has 1 saturated heterocycles. The summed E-state index contributed by atoms with van der Waals surface area (Å²) in [6.45, 7) is 11.6. The lowest BCUT2D eigenvalue weighted by Gasteiger charge is -2.32. The summed E-state index contributed by atoms with van der Waals surface area (Å²) in [4.78, 5) is 28.8. The molecule has 2 heterocycles. The largest absolute Gasteiger partial charge is 0.497 e. The Morgan fingerprint density at radius 3 is 2.31 bits per heavy atom. The van der Waals surface area contributed by atoms with Crippen LogP contribution in [0.3, 0.4) is 0 Å². The summed E-state index contributed by atoms with van der Waals surface area (Å²) in [6.07, 6.45) is 0.793. The molecule has 142 valence electrons. The van der Waals surface area contributed by atoms with E-state index in [1.165, 1.54) is 7.11 Å². The second-order valence-electron chi connectivity index (χ2n) is 7.50. The molecule has 1 amide bonds. The van der Waals surface area contributed by atoms with Crippen molar-refractivity contribution >= 4 is 24.5 Å². The van der Waals surface area contributed by atoms with Crippen molar-refractivity contribution in [3.63, 3.8) is 0 Å². The Balaban J connectivity index is 2.39. The summed E-state index contributed by atoms with van der Waals surface area (Å²) in [6, 6.07) is 3.20. The molecule has 7 nitrogen and oxygen atoms in total. The number of carbonyl (C=O) groups excluding carboxylic acids is 2. The lowest BCUT2D eigenvalue weighted by atomic mass is 9.77. The van der Waals surface area contributed by atoms with Gasteiger partial charge in [0.2, 0.25) is 0 Å². The van der Waals surface area contributed by atoms with Gasteiger partial charge in [-0.2, -0.15) is 0 Å². The van der Waals surface area contributed by atoms with Gasteiger partial charge in [0.25, 0.3) is 5.91 Å². The molecule has 1 aromatic rings. The first-order chi connectivity index (χ1) is 12.0. The molecular weight excluding hydrogens is 335 g/mol. The zero-order valence-electron chi connectivity index (χ0n) is 16.5. The third-order valence-corrected chi connectivity index (χ3v) is 5.03. The molecule has 0 bridgehead atoms. The third kappa shape index (κ3) is 3.91. The number of aromatic nitrogens is 1. The van der Waals surface area contributed by atoms with E-state index in [4.69, 9.17) is 14.0 Å². The van der Waals surface area contributed by atoms with E-state index in [9.17, 15) is 9.59 Å². The molecule has 1 fully saturated rings. The summed E-state index contributed by atoms with van der Waals surface area (Å²) in [5, 5.41) is 2.83. The fraction of sp³-hybridized carbons (Fsp3) is 0.611. The van der Waals surface area contributed by atoms with Crippen LogP contribution in [0, 0.1) is 0 Å². The Morgan fingerprint density at radius 2 is 1.81 bits per heavy atom. The Kier molecular flexibility index (Phi) is 5.77. The Bertz CT molecular complexity index is 689. The van der Waals surface area contributed by atoms with Crippen molar-refractivity contribution in [3.8, 4) is 0 Å². The molecule has 0 spiro atoms. The van der Waals surface area contributed by atoms with Gasteiger partial charge in [0.05, 0.1) is 18.3 Å². The van der Waals surface area contributed by atoms with Crippen LogP contribution in [0.5, 0.6) is 0 Å². The van der Waals surface area contributed by atoms with E-state index in [1.54, 1.807) is 12.1 Å². The van der Waals surface area contributed by atoms with Crippen LogP contribution in [0.15, 0.2) is 12.1 Å². The molecule has 1 aromatic heterocycles. The van der Waals surface area contributed by atoms with Crippen LogP contribution < -0.4 is 10.8 Å². The number of amides is 1. The van der Waals surface area contributed by atoms with Crippen LogP contribution in [-0.4, -0.2) is 48.3 Å². The second-order valence-corrected chi connectivity index (χ2v) is 7.50. The number of carbonyl (C=O) groups is 2. The van der Waals surface area contributed by atoms with Crippen molar-refractivity contribution in [1.29, 1.82) is 0 Å². The van der Waals surface area contributed by atoms with Crippen molar-refractivity contribution in [3.05, 3.63) is 23.5 Å². The number of methoxy groups -OCH3 is 1. The molecule has 1 unspecified atom stereocenters. The Hall–Kier alpha value is -1.93. The molecule has 1 aliphatic heterocycles. The summed E-state index contributed by atoms with van der Waals surface area (Å²) in [7, 11) is 0.498. The summed E-state index contributed by atoms with van der Waals surface area (Å²) < 4.78 is 16.8. The molecule has 26 heavy (non-hydrogen) atoms. The lowest BCUT2D eigenvalue weighted by Crippen LogP contribution is -2.41. The highest BCUT2D eigenvalue weighted by Gasteiger charge is 2.52. The average Bonchev–Trinajstić information content (AvgIpc) is 2.80. The van der Waals surface area contributed by atoms with Crippen LogP contribution >= 0.6 is 0 Å². The monoisotopic (exact) mass is 362 g/mol. The molecule has 0 aromatic carbocycles. The van der Waals surface area contributed by atoms with Crippen molar-refractivity contribution in [2.75, 3.05) is 7.11 Å². The van der Waals surface area contributed by atoms with Crippen LogP contribution in [0.25, 0.3) is 0 Å². The fourth-order valence-electron chi connectivity index (χ4n) is 2.42. The van der Waals surface area contributed by atoms with E-state index in [0.29, 0.717) is 5.46 Å². The normalized spacial score (nSPS) is 19.1. The van der Waals surface area contributed by atoms with Gasteiger partial charge in [-0.1, -0.05) is 13.0 Å². The van der Waals surface area contributed by atoms with Crippen molar-refractivity contribution in [2.24, 2.45) is 0 Å². The minimum atomic E-state index is -0.770. The maximum absolute atomic E-state index is 12.3. The fourth-order valence-corrected chi connectivity index (χ4v) is 2.42. The quantitative estimate of drug-likeness (QED) is 0.634. The number of pyridine rings is 1. The zero-order chi connectivity index (χ0) is 19.7.